The fourth-order valence-corrected chi connectivity index (χ4v) is 2.58. The van der Waals surface area contributed by atoms with Gasteiger partial charge in [-0.25, -0.2) is 0 Å². The van der Waals surface area contributed by atoms with Gasteiger partial charge in [0.2, 0.25) is 0 Å². The van der Waals surface area contributed by atoms with E-state index in [0.29, 0.717) is 0 Å². The van der Waals surface area contributed by atoms with Crippen molar-refractivity contribution in [1.82, 2.24) is 10.6 Å². The molecule has 1 unspecified atom stereocenters. The molecule has 2 aliphatic rings. The molecule has 0 bridgehead atoms. The van der Waals surface area contributed by atoms with E-state index in [9.17, 15) is 4.79 Å². The molecule has 90 valence electrons. The fourth-order valence-electron chi connectivity index (χ4n) is 2.58. The Bertz CT molecular complexity index is 458. The number of aryl methyl sites for hydroxylation is 1. The second-order valence-electron chi connectivity index (χ2n) is 4.59. The van der Waals surface area contributed by atoms with Crippen LogP contribution in [0.4, 0.5) is 5.69 Å². The van der Waals surface area contributed by atoms with Crippen molar-refractivity contribution in [3.8, 4) is 0 Å². The summed E-state index contributed by atoms with van der Waals surface area (Å²) in [4.78, 5) is 14.3. The Morgan fingerprint density at radius 1 is 1.47 bits per heavy atom. The van der Waals surface area contributed by atoms with Crippen molar-refractivity contribution in [2.24, 2.45) is 0 Å². The molecule has 0 saturated carbocycles. The number of nitrogens with one attached hydrogen (secondary N) is 2. The van der Waals surface area contributed by atoms with Crippen molar-refractivity contribution >= 4 is 11.6 Å². The van der Waals surface area contributed by atoms with E-state index in [0.717, 1.165) is 37.3 Å². The molecule has 3 rings (SSSR count). The third-order valence-corrected chi connectivity index (χ3v) is 3.57. The number of nitrogens with zero attached hydrogens (tertiary/aromatic N) is 1. The van der Waals surface area contributed by atoms with Gasteiger partial charge in [0.05, 0.1) is 11.3 Å². The van der Waals surface area contributed by atoms with Crippen LogP contribution < -0.4 is 15.5 Å². The zero-order chi connectivity index (χ0) is 11.8. The Morgan fingerprint density at radius 3 is 3.18 bits per heavy atom. The molecule has 4 nitrogen and oxygen atoms in total. The van der Waals surface area contributed by atoms with Gasteiger partial charge >= 0.3 is 0 Å². The number of hydrogen-bond donors (Lipinski definition) is 2. The molecule has 1 atom stereocenters. The SMILES string of the molecule is CCc1ccc2c(c1)N1CCNCC1NC2=O. The maximum absolute atomic E-state index is 12.0. The number of carbonyl (C=O) groups excluding carboxylic acids is 1. The van der Waals surface area contributed by atoms with E-state index in [1.165, 1.54) is 5.56 Å². The van der Waals surface area contributed by atoms with Gasteiger partial charge in [-0.05, 0) is 24.1 Å². The molecule has 2 N–H and O–H groups in total. The molecule has 0 radical (unpaired) electrons. The van der Waals surface area contributed by atoms with Crippen molar-refractivity contribution < 1.29 is 4.79 Å². The van der Waals surface area contributed by atoms with Gasteiger partial charge in [0, 0.05) is 19.6 Å². The van der Waals surface area contributed by atoms with Crippen LogP contribution in [0, 0.1) is 0 Å². The summed E-state index contributed by atoms with van der Waals surface area (Å²) >= 11 is 0. The van der Waals surface area contributed by atoms with Crippen LogP contribution in [0.5, 0.6) is 0 Å². The average molecular weight is 231 g/mol. The number of piperazine rings is 1. The van der Waals surface area contributed by atoms with Gasteiger partial charge in [0.25, 0.3) is 5.91 Å². The largest absolute Gasteiger partial charge is 0.348 e. The highest BCUT2D eigenvalue weighted by molar-refractivity contribution is 6.02. The molecule has 1 saturated heterocycles. The molecular weight excluding hydrogens is 214 g/mol. The lowest BCUT2D eigenvalue weighted by Crippen LogP contribution is -2.62. The van der Waals surface area contributed by atoms with Crippen LogP contribution in [-0.2, 0) is 6.42 Å². The topological polar surface area (TPSA) is 44.4 Å². The highest BCUT2D eigenvalue weighted by atomic mass is 16.2. The molecular formula is C13H17N3O. The smallest absolute Gasteiger partial charge is 0.255 e. The number of rotatable bonds is 1. The summed E-state index contributed by atoms with van der Waals surface area (Å²) in [6.07, 6.45) is 1.11. The van der Waals surface area contributed by atoms with Gasteiger partial charge < -0.3 is 15.5 Å². The number of carbonyl (C=O) groups is 1. The summed E-state index contributed by atoms with van der Waals surface area (Å²) in [7, 11) is 0. The Morgan fingerprint density at radius 2 is 2.35 bits per heavy atom. The summed E-state index contributed by atoms with van der Waals surface area (Å²) in [6, 6.07) is 6.15. The summed E-state index contributed by atoms with van der Waals surface area (Å²) < 4.78 is 0. The average Bonchev–Trinajstić information content (AvgIpc) is 2.38. The Kier molecular flexibility index (Phi) is 2.52. The van der Waals surface area contributed by atoms with Gasteiger partial charge in [-0.1, -0.05) is 13.0 Å². The number of anilines is 1. The Hall–Kier alpha value is -1.55. The van der Waals surface area contributed by atoms with Gasteiger partial charge in [0.15, 0.2) is 0 Å². The van der Waals surface area contributed by atoms with Crippen LogP contribution in [0.25, 0.3) is 0 Å². The lowest BCUT2D eigenvalue weighted by molar-refractivity contribution is 0.0923. The molecule has 1 aromatic rings. The van der Waals surface area contributed by atoms with E-state index in [2.05, 4.69) is 28.5 Å². The van der Waals surface area contributed by atoms with Crippen molar-refractivity contribution in [2.45, 2.75) is 19.5 Å². The van der Waals surface area contributed by atoms with Crippen LogP contribution in [0.1, 0.15) is 22.8 Å². The van der Waals surface area contributed by atoms with Gasteiger partial charge in [0.1, 0.15) is 6.17 Å². The molecule has 2 heterocycles. The number of fused-ring (bicyclic) bond motifs is 3. The predicted molar refractivity (Wildman–Crippen MR) is 67.3 cm³/mol. The first-order valence-electron chi connectivity index (χ1n) is 6.20. The maximum Gasteiger partial charge on any atom is 0.255 e. The quantitative estimate of drug-likeness (QED) is 0.749. The van der Waals surface area contributed by atoms with E-state index < -0.39 is 0 Å². The normalized spacial score (nSPS) is 22.8. The van der Waals surface area contributed by atoms with Crippen molar-refractivity contribution in [1.29, 1.82) is 0 Å². The second-order valence-corrected chi connectivity index (χ2v) is 4.59. The van der Waals surface area contributed by atoms with E-state index in [1.54, 1.807) is 0 Å². The number of hydrogen-bond acceptors (Lipinski definition) is 3. The molecule has 0 aliphatic carbocycles. The van der Waals surface area contributed by atoms with Crippen LogP contribution in [0.2, 0.25) is 0 Å². The summed E-state index contributed by atoms with van der Waals surface area (Å²) in [6.45, 7) is 4.88. The van der Waals surface area contributed by atoms with Crippen LogP contribution >= 0.6 is 0 Å². The number of benzene rings is 1. The minimum atomic E-state index is 0.0487. The maximum atomic E-state index is 12.0. The first kappa shape index (κ1) is 10.6. The number of amides is 1. The molecule has 17 heavy (non-hydrogen) atoms. The third-order valence-electron chi connectivity index (χ3n) is 3.57. The zero-order valence-corrected chi connectivity index (χ0v) is 9.99. The van der Waals surface area contributed by atoms with Gasteiger partial charge in [-0.15, -0.1) is 0 Å². The molecule has 1 fully saturated rings. The lowest BCUT2D eigenvalue weighted by Gasteiger charge is -2.42. The van der Waals surface area contributed by atoms with Crippen LogP contribution in [0.3, 0.4) is 0 Å². The highest BCUT2D eigenvalue weighted by Gasteiger charge is 2.32. The monoisotopic (exact) mass is 231 g/mol. The Labute approximate surface area is 101 Å². The van der Waals surface area contributed by atoms with Crippen molar-refractivity contribution in [3.05, 3.63) is 29.3 Å². The predicted octanol–water partition coefficient (Wildman–Crippen LogP) is 0.728. The standard InChI is InChI=1S/C13H17N3O/c1-2-9-3-4-10-11(7-9)16-6-5-14-8-12(16)15-13(10)17/h3-4,7,12,14H,2,5-6,8H2,1H3,(H,15,17). The summed E-state index contributed by atoms with van der Waals surface area (Å²) in [5.74, 6) is 0.0487. The first-order chi connectivity index (χ1) is 8.29. The lowest BCUT2D eigenvalue weighted by atomic mass is 10.0. The van der Waals surface area contributed by atoms with Crippen molar-refractivity contribution in [3.63, 3.8) is 0 Å². The van der Waals surface area contributed by atoms with Crippen LogP contribution in [-0.4, -0.2) is 31.7 Å². The zero-order valence-electron chi connectivity index (χ0n) is 9.99. The fraction of sp³-hybridized carbons (Fsp3) is 0.462. The molecule has 4 heteroatoms. The highest BCUT2D eigenvalue weighted by Crippen LogP contribution is 2.28. The van der Waals surface area contributed by atoms with E-state index in [4.69, 9.17) is 0 Å². The summed E-state index contributed by atoms with van der Waals surface area (Å²) in [5, 5.41) is 6.34. The van der Waals surface area contributed by atoms with Crippen LogP contribution in [0.15, 0.2) is 18.2 Å². The van der Waals surface area contributed by atoms with Gasteiger partial charge in [-0.3, -0.25) is 4.79 Å². The third kappa shape index (κ3) is 1.69. The molecule has 0 spiro atoms. The summed E-state index contributed by atoms with van der Waals surface area (Å²) in [5.41, 5.74) is 3.19. The first-order valence-corrected chi connectivity index (χ1v) is 6.20. The second kappa shape index (κ2) is 4.04. The van der Waals surface area contributed by atoms with E-state index in [1.807, 2.05) is 12.1 Å². The van der Waals surface area contributed by atoms with E-state index >= 15 is 0 Å². The molecule has 1 amide bonds. The minimum absolute atomic E-state index is 0.0487. The van der Waals surface area contributed by atoms with Gasteiger partial charge in [-0.2, -0.15) is 0 Å². The Balaban J connectivity index is 2.06. The van der Waals surface area contributed by atoms with E-state index in [-0.39, 0.29) is 12.1 Å². The minimum Gasteiger partial charge on any atom is -0.348 e. The molecule has 0 aromatic heterocycles. The molecule has 2 aliphatic heterocycles. The molecule has 1 aromatic carbocycles. The van der Waals surface area contributed by atoms with Crippen molar-refractivity contribution in [2.75, 3.05) is 24.5 Å².